The van der Waals surface area contributed by atoms with E-state index < -0.39 is 23.0 Å². The normalized spacial score (nSPS) is 11.6. The van der Waals surface area contributed by atoms with Gasteiger partial charge in [0.1, 0.15) is 0 Å². The quantitative estimate of drug-likeness (QED) is 0.905. The molecular weight excluding hydrogens is 341 g/mol. The van der Waals surface area contributed by atoms with Gasteiger partial charge in [0.15, 0.2) is 0 Å². The summed E-state index contributed by atoms with van der Waals surface area (Å²) in [5, 5.41) is 0. The fourth-order valence-corrected chi connectivity index (χ4v) is 1.99. The lowest BCUT2D eigenvalue weighted by molar-refractivity contribution is -0.137. The molecule has 1 N–H and O–H groups in total. The Kier molecular flexibility index (Phi) is 3.85. The van der Waals surface area contributed by atoms with Gasteiger partial charge in [-0.2, -0.15) is 13.2 Å². The van der Waals surface area contributed by atoms with Crippen molar-refractivity contribution in [1.29, 1.82) is 0 Å². The Balaban J connectivity index is 2.44. The highest BCUT2D eigenvalue weighted by Gasteiger charge is 2.30. The highest BCUT2D eigenvalue weighted by molar-refractivity contribution is 9.10. The average Bonchev–Trinajstić information content (AvgIpc) is 2.39. The van der Waals surface area contributed by atoms with Crippen molar-refractivity contribution in [3.05, 3.63) is 66.9 Å². The molecule has 1 heterocycles. The second-order valence-corrected chi connectivity index (χ2v) is 4.89. The predicted molar refractivity (Wildman–Crippen MR) is 69.6 cm³/mol. The maximum atomic E-state index is 12.6. The minimum atomic E-state index is -4.47. The summed E-state index contributed by atoms with van der Waals surface area (Å²) in [6.07, 6.45) is -3.28. The van der Waals surface area contributed by atoms with E-state index in [4.69, 9.17) is 0 Å². The van der Waals surface area contributed by atoms with E-state index in [2.05, 4.69) is 20.9 Å². The zero-order chi connectivity index (χ0) is 14.9. The molecule has 20 heavy (non-hydrogen) atoms. The maximum Gasteiger partial charge on any atom is 0.416 e. The summed E-state index contributed by atoms with van der Waals surface area (Å²) in [6.45, 7) is -0.239. The van der Waals surface area contributed by atoms with Crippen LogP contribution in [0, 0.1) is 0 Å². The van der Waals surface area contributed by atoms with Gasteiger partial charge in [0, 0.05) is 6.20 Å². The molecule has 0 saturated carbocycles. The first kappa shape index (κ1) is 14.6. The fraction of sp³-hybridized carbons (Fsp3) is 0.167. The van der Waals surface area contributed by atoms with Crippen LogP contribution in [0.25, 0.3) is 0 Å². The van der Waals surface area contributed by atoms with Crippen LogP contribution in [0.5, 0.6) is 0 Å². The van der Waals surface area contributed by atoms with Gasteiger partial charge >= 0.3 is 11.9 Å². The van der Waals surface area contributed by atoms with Crippen molar-refractivity contribution < 1.29 is 13.2 Å². The van der Waals surface area contributed by atoms with Gasteiger partial charge in [-0.15, -0.1) is 0 Å². The van der Waals surface area contributed by atoms with E-state index in [0.29, 0.717) is 0 Å². The van der Waals surface area contributed by atoms with Crippen molar-refractivity contribution in [2.75, 3.05) is 0 Å². The SMILES string of the molecule is O=c1[nH]cc(Br)c(=O)n1Cc1cccc(C(F)(F)F)c1. The molecule has 0 atom stereocenters. The van der Waals surface area contributed by atoms with Gasteiger partial charge in [-0.05, 0) is 33.6 Å². The van der Waals surface area contributed by atoms with Gasteiger partial charge in [-0.3, -0.25) is 9.36 Å². The summed E-state index contributed by atoms with van der Waals surface area (Å²) in [4.78, 5) is 25.6. The molecular formula is C12H8BrF3N2O2. The highest BCUT2D eigenvalue weighted by Crippen LogP contribution is 2.29. The third-order valence-corrected chi connectivity index (χ3v) is 3.18. The van der Waals surface area contributed by atoms with Crippen molar-refractivity contribution in [3.8, 4) is 0 Å². The van der Waals surface area contributed by atoms with Crippen molar-refractivity contribution in [3.63, 3.8) is 0 Å². The molecule has 1 aromatic heterocycles. The molecule has 4 nitrogen and oxygen atoms in total. The topological polar surface area (TPSA) is 54.9 Å². The van der Waals surface area contributed by atoms with Crippen LogP contribution < -0.4 is 11.2 Å². The van der Waals surface area contributed by atoms with Crippen LogP contribution in [0.4, 0.5) is 13.2 Å². The van der Waals surface area contributed by atoms with E-state index in [0.717, 1.165) is 16.7 Å². The number of halogens is 4. The molecule has 2 rings (SSSR count). The summed E-state index contributed by atoms with van der Waals surface area (Å²) in [7, 11) is 0. The monoisotopic (exact) mass is 348 g/mol. The lowest BCUT2D eigenvalue weighted by Crippen LogP contribution is -2.35. The largest absolute Gasteiger partial charge is 0.416 e. The van der Waals surface area contributed by atoms with Gasteiger partial charge < -0.3 is 4.98 Å². The van der Waals surface area contributed by atoms with Crippen LogP contribution in [0.3, 0.4) is 0 Å². The van der Waals surface area contributed by atoms with Crippen LogP contribution in [0.1, 0.15) is 11.1 Å². The first-order valence-electron chi connectivity index (χ1n) is 5.43. The minimum absolute atomic E-state index is 0.129. The number of nitrogens with one attached hydrogen (secondary N) is 1. The van der Waals surface area contributed by atoms with Gasteiger partial charge in [-0.1, -0.05) is 12.1 Å². The lowest BCUT2D eigenvalue weighted by atomic mass is 10.1. The Morgan fingerprint density at radius 1 is 1.25 bits per heavy atom. The Morgan fingerprint density at radius 3 is 2.60 bits per heavy atom. The summed E-state index contributed by atoms with van der Waals surface area (Å²) >= 11 is 2.96. The molecule has 0 aliphatic carbocycles. The zero-order valence-electron chi connectivity index (χ0n) is 9.87. The number of hydrogen-bond donors (Lipinski definition) is 1. The van der Waals surface area contributed by atoms with E-state index in [1.807, 2.05) is 0 Å². The molecule has 0 spiro atoms. The number of rotatable bonds is 2. The molecule has 2 aromatic rings. The Bertz CT molecular complexity index is 749. The lowest BCUT2D eigenvalue weighted by Gasteiger charge is -2.09. The summed E-state index contributed by atoms with van der Waals surface area (Å²) in [5.41, 5.74) is -1.90. The van der Waals surface area contributed by atoms with Gasteiger partial charge in [0.2, 0.25) is 0 Å². The van der Waals surface area contributed by atoms with Crippen LogP contribution in [0.2, 0.25) is 0 Å². The van der Waals surface area contributed by atoms with E-state index in [1.165, 1.54) is 18.3 Å². The number of benzene rings is 1. The molecule has 0 bridgehead atoms. The Labute approximate surface area is 119 Å². The molecule has 0 amide bonds. The van der Waals surface area contributed by atoms with Crippen LogP contribution in [0.15, 0.2) is 44.5 Å². The van der Waals surface area contributed by atoms with Gasteiger partial charge in [0.25, 0.3) is 5.56 Å². The van der Waals surface area contributed by atoms with E-state index in [-0.39, 0.29) is 16.6 Å². The zero-order valence-corrected chi connectivity index (χ0v) is 11.5. The molecule has 1 aromatic carbocycles. The summed E-state index contributed by atoms with van der Waals surface area (Å²) < 4.78 is 38.7. The number of alkyl halides is 3. The highest BCUT2D eigenvalue weighted by atomic mass is 79.9. The van der Waals surface area contributed by atoms with Crippen molar-refractivity contribution in [2.45, 2.75) is 12.7 Å². The van der Waals surface area contributed by atoms with Crippen molar-refractivity contribution >= 4 is 15.9 Å². The molecule has 106 valence electrons. The molecule has 0 saturated heterocycles. The average molecular weight is 349 g/mol. The predicted octanol–water partition coefficient (Wildman–Crippen LogP) is 2.37. The van der Waals surface area contributed by atoms with Gasteiger partial charge in [-0.25, -0.2) is 4.79 Å². The molecule has 8 heteroatoms. The second kappa shape index (κ2) is 5.28. The van der Waals surface area contributed by atoms with Crippen LogP contribution in [-0.2, 0) is 12.7 Å². The minimum Gasteiger partial charge on any atom is -0.313 e. The first-order chi connectivity index (χ1) is 9.29. The number of aromatic amines is 1. The molecule has 0 radical (unpaired) electrons. The maximum absolute atomic E-state index is 12.6. The standard InChI is InChI=1S/C12H8BrF3N2O2/c13-9-5-17-11(20)18(10(9)19)6-7-2-1-3-8(4-7)12(14,15)16/h1-5H,6H2,(H,17,20). The van der Waals surface area contributed by atoms with Crippen molar-refractivity contribution in [1.82, 2.24) is 9.55 Å². The number of hydrogen-bond acceptors (Lipinski definition) is 2. The Hall–Kier alpha value is -1.83. The smallest absolute Gasteiger partial charge is 0.313 e. The van der Waals surface area contributed by atoms with E-state index >= 15 is 0 Å². The van der Waals surface area contributed by atoms with E-state index in [9.17, 15) is 22.8 Å². The molecule has 0 fully saturated rings. The van der Waals surface area contributed by atoms with Crippen LogP contribution in [-0.4, -0.2) is 9.55 Å². The third-order valence-electron chi connectivity index (χ3n) is 2.61. The number of nitrogens with zero attached hydrogens (tertiary/aromatic N) is 1. The molecule has 0 aliphatic rings. The van der Waals surface area contributed by atoms with Crippen molar-refractivity contribution in [2.24, 2.45) is 0 Å². The summed E-state index contributed by atoms with van der Waals surface area (Å²) in [6, 6.07) is 4.49. The fourth-order valence-electron chi connectivity index (χ4n) is 1.66. The molecule has 0 unspecified atom stereocenters. The second-order valence-electron chi connectivity index (χ2n) is 4.03. The number of H-pyrrole nitrogens is 1. The van der Waals surface area contributed by atoms with Gasteiger partial charge in [0.05, 0.1) is 16.6 Å². The first-order valence-corrected chi connectivity index (χ1v) is 6.22. The van der Waals surface area contributed by atoms with Crippen LogP contribution >= 0.6 is 15.9 Å². The van der Waals surface area contributed by atoms with E-state index in [1.54, 1.807) is 0 Å². The summed E-state index contributed by atoms with van der Waals surface area (Å²) in [5.74, 6) is 0. The third kappa shape index (κ3) is 3.01. The molecule has 0 aliphatic heterocycles. The Morgan fingerprint density at radius 2 is 1.95 bits per heavy atom. The number of aromatic nitrogens is 2.